The Morgan fingerprint density at radius 2 is 1.15 bits per heavy atom. The predicted molar refractivity (Wildman–Crippen MR) is 266 cm³/mol. The second-order valence-corrected chi connectivity index (χ2v) is 20.8. The summed E-state index contributed by atoms with van der Waals surface area (Å²) in [6, 6.07) is 13.8. The van der Waals surface area contributed by atoms with Gasteiger partial charge in [0.25, 0.3) is 17.7 Å². The van der Waals surface area contributed by atoms with Gasteiger partial charge in [-0.05, 0) is 47.4 Å². The molecule has 342 valence electrons. The number of thiazole rings is 3. The fourth-order valence-corrected chi connectivity index (χ4v) is 10.7. The van der Waals surface area contributed by atoms with Crippen molar-refractivity contribution in [3.8, 4) is 22.5 Å². The van der Waals surface area contributed by atoms with Crippen molar-refractivity contribution in [2.75, 3.05) is 16.0 Å². The van der Waals surface area contributed by atoms with Crippen LogP contribution < -0.4 is 31.9 Å². The SMILES string of the molecule is CCC(C)[C@H](NC(=O)c1cc(-c2csc(NC(=O)[C@H](CC(C)C)NC(=O)c3cccs3)n2)cs1)C(=O)Nc1nc(-c2csc(C(=O)N[C@@H](Cc3ccccc3)C(=O)Nc3nccs3)c2)cs1. The molecule has 0 bridgehead atoms. The number of carbonyl (C=O) groups is 6. The molecule has 6 aromatic heterocycles. The maximum atomic E-state index is 13.7. The topological polar surface area (TPSA) is 213 Å². The van der Waals surface area contributed by atoms with Crippen molar-refractivity contribution >= 4 is 119 Å². The summed E-state index contributed by atoms with van der Waals surface area (Å²) in [5.41, 5.74) is 3.32. The van der Waals surface area contributed by atoms with E-state index >= 15 is 0 Å². The largest absolute Gasteiger partial charge is 0.340 e. The average molecular weight is 1000 g/mol. The average Bonchev–Trinajstić information content (AvgIpc) is 4.16. The number of nitrogens with zero attached hydrogens (tertiary/aromatic N) is 3. The minimum atomic E-state index is -0.881. The van der Waals surface area contributed by atoms with Crippen LogP contribution in [0.3, 0.4) is 0 Å². The van der Waals surface area contributed by atoms with E-state index in [0.29, 0.717) is 65.4 Å². The number of benzene rings is 1. The van der Waals surface area contributed by atoms with Crippen molar-refractivity contribution in [2.45, 2.75) is 65.1 Å². The first kappa shape index (κ1) is 48.0. The Morgan fingerprint density at radius 3 is 1.73 bits per heavy atom. The number of hydrogen-bond acceptors (Lipinski definition) is 15. The zero-order valence-corrected chi connectivity index (χ0v) is 40.9. The number of rotatable bonds is 20. The number of anilines is 3. The molecule has 4 atom stereocenters. The van der Waals surface area contributed by atoms with Gasteiger partial charge in [0, 0.05) is 50.6 Å². The summed E-state index contributed by atoms with van der Waals surface area (Å²) in [7, 11) is 0. The second kappa shape index (κ2) is 22.5. The Kier molecular flexibility index (Phi) is 16.3. The van der Waals surface area contributed by atoms with E-state index in [-0.39, 0.29) is 36.0 Å². The van der Waals surface area contributed by atoms with Crippen LogP contribution in [0, 0.1) is 11.8 Å². The van der Waals surface area contributed by atoms with Gasteiger partial charge in [-0.25, -0.2) is 15.0 Å². The number of thiophene rings is 3. The third-order valence-corrected chi connectivity index (χ3v) is 15.1. The molecule has 7 aromatic rings. The molecule has 0 aliphatic rings. The minimum absolute atomic E-state index is 0.149. The molecule has 6 N–H and O–H groups in total. The lowest BCUT2D eigenvalue weighted by Gasteiger charge is -2.22. The fourth-order valence-electron chi connectivity index (χ4n) is 6.50. The molecule has 0 aliphatic carbocycles. The molecule has 6 heterocycles. The van der Waals surface area contributed by atoms with Gasteiger partial charge in [0.15, 0.2) is 15.4 Å². The number of aromatic nitrogens is 3. The van der Waals surface area contributed by atoms with Gasteiger partial charge in [-0.1, -0.05) is 70.5 Å². The summed E-state index contributed by atoms with van der Waals surface area (Å²) in [4.78, 5) is 94.7. The first-order valence-corrected chi connectivity index (χ1v) is 26.0. The Labute approximate surface area is 404 Å². The van der Waals surface area contributed by atoms with E-state index in [9.17, 15) is 28.8 Å². The van der Waals surface area contributed by atoms with Crippen LogP contribution in [-0.2, 0) is 20.8 Å². The van der Waals surface area contributed by atoms with Crippen molar-refractivity contribution < 1.29 is 28.8 Å². The number of nitrogens with one attached hydrogen (secondary N) is 6. The summed E-state index contributed by atoms with van der Waals surface area (Å²) < 4.78 is 0. The van der Waals surface area contributed by atoms with Crippen molar-refractivity contribution in [1.29, 1.82) is 0 Å². The molecule has 0 saturated carbocycles. The van der Waals surface area contributed by atoms with E-state index in [1.54, 1.807) is 62.7 Å². The summed E-state index contributed by atoms with van der Waals surface area (Å²) in [5.74, 6) is -2.41. The molecule has 21 heteroatoms. The minimum Gasteiger partial charge on any atom is -0.340 e. The van der Waals surface area contributed by atoms with E-state index in [1.807, 2.05) is 58.0 Å². The lowest BCUT2D eigenvalue weighted by molar-refractivity contribution is -0.119. The molecule has 0 fully saturated rings. The molecule has 66 heavy (non-hydrogen) atoms. The van der Waals surface area contributed by atoms with Crippen molar-refractivity contribution in [2.24, 2.45) is 11.8 Å². The second-order valence-electron chi connectivity index (χ2n) is 15.5. The predicted octanol–water partition coefficient (Wildman–Crippen LogP) is 9.12. The Hall–Kier alpha value is -5.97. The van der Waals surface area contributed by atoms with E-state index < -0.39 is 35.8 Å². The van der Waals surface area contributed by atoms with Gasteiger partial charge < -0.3 is 31.9 Å². The fraction of sp³-hybridized carbons (Fsp3) is 0.267. The van der Waals surface area contributed by atoms with Crippen molar-refractivity contribution in [3.05, 3.63) is 113 Å². The molecule has 7 rings (SSSR count). The summed E-state index contributed by atoms with van der Waals surface area (Å²) in [6.07, 6.45) is 2.92. The zero-order chi connectivity index (χ0) is 46.7. The smallest absolute Gasteiger partial charge is 0.262 e. The van der Waals surface area contributed by atoms with E-state index in [1.165, 1.54) is 68.0 Å². The van der Waals surface area contributed by atoms with Crippen LogP contribution in [0.1, 0.15) is 75.1 Å². The zero-order valence-electron chi connectivity index (χ0n) is 36.0. The van der Waals surface area contributed by atoms with Crippen molar-refractivity contribution in [1.82, 2.24) is 30.9 Å². The number of amides is 6. The molecule has 0 saturated heterocycles. The molecule has 1 unspecified atom stereocenters. The maximum absolute atomic E-state index is 13.7. The van der Waals surface area contributed by atoms with Crippen LogP contribution in [0.25, 0.3) is 22.5 Å². The van der Waals surface area contributed by atoms with Crippen LogP contribution in [0.5, 0.6) is 0 Å². The molecule has 15 nitrogen and oxygen atoms in total. The molecular formula is C45H45N9O6S6. The van der Waals surface area contributed by atoms with Crippen LogP contribution in [-0.4, -0.2) is 68.5 Å². The maximum Gasteiger partial charge on any atom is 0.262 e. The third-order valence-electron chi connectivity index (χ3n) is 10.1. The lowest BCUT2D eigenvalue weighted by atomic mass is 9.98. The normalized spacial score (nSPS) is 13.0. The van der Waals surface area contributed by atoms with Crippen LogP contribution in [0.4, 0.5) is 15.4 Å². The standard InChI is InChI=1S/C45H45N9O6S6/c1-5-25(4)36(51-41(59)35-19-28(21-64-35)31-22-65-44(49-31)53-37(55)29(16-24(2)3)47-39(57)33-12-9-14-61-33)42(60)54-45-50-32(23-66-45)27-18-34(63-20-27)40(58)48-30(17-26-10-7-6-8-11-26)38(56)52-43-46-13-15-62-43/h6-15,18-25,29-30,36H,5,16-17H2,1-4H3,(H,47,57)(H,48,58)(H,51,59)(H,46,52,56)(H,49,53,55)(H,50,54,60)/t25?,29-,30-,36-/m0/s1. The van der Waals surface area contributed by atoms with Crippen LogP contribution in [0.2, 0.25) is 0 Å². The monoisotopic (exact) mass is 999 g/mol. The summed E-state index contributed by atoms with van der Waals surface area (Å²) >= 11 is 7.45. The molecule has 1 aromatic carbocycles. The number of carbonyl (C=O) groups excluding carboxylic acids is 6. The van der Waals surface area contributed by atoms with Gasteiger partial charge in [-0.2, -0.15) is 0 Å². The van der Waals surface area contributed by atoms with Gasteiger partial charge in [0.2, 0.25) is 17.7 Å². The highest BCUT2D eigenvalue weighted by atomic mass is 32.1. The van der Waals surface area contributed by atoms with Gasteiger partial charge in [0.05, 0.1) is 26.0 Å². The Bertz CT molecular complexity index is 2760. The molecule has 0 radical (unpaired) electrons. The van der Waals surface area contributed by atoms with Gasteiger partial charge >= 0.3 is 0 Å². The highest BCUT2D eigenvalue weighted by Crippen LogP contribution is 2.31. The summed E-state index contributed by atoms with van der Waals surface area (Å²) in [6.45, 7) is 7.77. The Balaban J connectivity index is 0.951. The van der Waals surface area contributed by atoms with Gasteiger partial charge in [0.1, 0.15) is 18.1 Å². The molecule has 0 aliphatic heterocycles. The van der Waals surface area contributed by atoms with E-state index in [4.69, 9.17) is 0 Å². The molecular weight excluding hydrogens is 955 g/mol. The van der Waals surface area contributed by atoms with Gasteiger partial charge in [-0.15, -0.1) is 68.0 Å². The first-order chi connectivity index (χ1) is 31.8. The number of hydrogen-bond donors (Lipinski definition) is 6. The quantitative estimate of drug-likeness (QED) is 0.0429. The van der Waals surface area contributed by atoms with E-state index in [2.05, 4.69) is 46.9 Å². The highest BCUT2D eigenvalue weighted by Gasteiger charge is 2.29. The van der Waals surface area contributed by atoms with Crippen LogP contribution in [0.15, 0.2) is 93.1 Å². The van der Waals surface area contributed by atoms with E-state index in [0.717, 1.165) is 5.56 Å². The highest BCUT2D eigenvalue weighted by molar-refractivity contribution is 7.15. The van der Waals surface area contributed by atoms with Crippen molar-refractivity contribution in [3.63, 3.8) is 0 Å². The summed E-state index contributed by atoms with van der Waals surface area (Å²) in [5, 5.41) is 28.9. The molecule has 6 amide bonds. The third kappa shape index (κ3) is 12.7. The first-order valence-electron chi connectivity index (χ1n) is 20.7. The van der Waals surface area contributed by atoms with Crippen LogP contribution >= 0.6 is 68.0 Å². The Morgan fingerprint density at radius 1 is 0.576 bits per heavy atom. The van der Waals surface area contributed by atoms with Gasteiger partial charge in [-0.3, -0.25) is 28.8 Å². The lowest BCUT2D eigenvalue weighted by Crippen LogP contribution is -2.47. The molecule has 0 spiro atoms.